The van der Waals surface area contributed by atoms with E-state index in [1.54, 1.807) is 12.4 Å². The summed E-state index contributed by atoms with van der Waals surface area (Å²) in [6.45, 7) is 4.63. The van der Waals surface area contributed by atoms with E-state index in [2.05, 4.69) is 71.4 Å². The van der Waals surface area contributed by atoms with Crippen molar-refractivity contribution in [2.24, 2.45) is 5.92 Å². The van der Waals surface area contributed by atoms with Crippen LogP contribution in [0.4, 0.5) is 0 Å². The molecular weight excluding hydrogens is 358 g/mol. The normalized spacial score (nSPS) is 23.1. The van der Waals surface area contributed by atoms with Gasteiger partial charge in [0, 0.05) is 50.0 Å². The van der Waals surface area contributed by atoms with Crippen LogP contribution in [0.1, 0.15) is 41.7 Å². The van der Waals surface area contributed by atoms with E-state index in [0.29, 0.717) is 23.6 Å². The summed E-state index contributed by atoms with van der Waals surface area (Å²) in [5.41, 5.74) is 2.04. The van der Waals surface area contributed by atoms with Crippen LogP contribution >= 0.6 is 0 Å². The van der Waals surface area contributed by atoms with Gasteiger partial charge in [0.15, 0.2) is 0 Å². The van der Waals surface area contributed by atoms with Crippen LogP contribution < -0.4 is 0 Å². The predicted molar refractivity (Wildman–Crippen MR) is 116 cm³/mol. The summed E-state index contributed by atoms with van der Waals surface area (Å²) in [5.74, 6) is 0.546. The molecule has 4 rings (SSSR count). The van der Waals surface area contributed by atoms with Gasteiger partial charge in [-0.05, 0) is 30.5 Å². The molecule has 4 heteroatoms. The Bertz CT molecular complexity index is 862. The van der Waals surface area contributed by atoms with Crippen LogP contribution in [0.2, 0.25) is 0 Å². The zero-order chi connectivity index (χ0) is 20.1. The highest BCUT2D eigenvalue weighted by atomic mass is 16.2. The summed E-state index contributed by atoms with van der Waals surface area (Å²) in [5, 5.41) is 0. The number of hydrogen-bond donors (Lipinski definition) is 0. The Morgan fingerprint density at radius 3 is 2.69 bits per heavy atom. The fraction of sp³-hybridized carbons (Fsp3) is 0.360. The number of amides is 1. The Labute approximate surface area is 173 Å². The molecule has 1 aromatic heterocycles. The summed E-state index contributed by atoms with van der Waals surface area (Å²) < 4.78 is 0. The molecule has 0 N–H and O–H groups in total. The Morgan fingerprint density at radius 1 is 1.14 bits per heavy atom. The number of piperazine rings is 1. The first-order valence-electron chi connectivity index (χ1n) is 10.6. The molecule has 4 nitrogen and oxygen atoms in total. The van der Waals surface area contributed by atoms with Crippen molar-refractivity contribution in [3.8, 4) is 0 Å². The smallest absolute Gasteiger partial charge is 0.255 e. The minimum atomic E-state index is 0.0907. The lowest BCUT2D eigenvalue weighted by Crippen LogP contribution is -2.56. The van der Waals surface area contributed by atoms with Gasteiger partial charge in [-0.25, -0.2) is 0 Å². The monoisotopic (exact) mass is 387 g/mol. The van der Waals surface area contributed by atoms with Gasteiger partial charge in [0.05, 0.1) is 5.56 Å². The molecule has 2 aliphatic rings. The van der Waals surface area contributed by atoms with Gasteiger partial charge >= 0.3 is 0 Å². The van der Waals surface area contributed by atoms with Gasteiger partial charge in [0.25, 0.3) is 5.91 Å². The second-order valence-electron chi connectivity index (χ2n) is 7.86. The third-order valence-corrected chi connectivity index (χ3v) is 6.11. The standard InChI is InChI=1S/C25H29N3O/c1-2-23-19-27(25(29)22-14-9-15-26-18-22)16-17-28(23)24(20-10-5-3-6-11-20)21-12-7-4-8-13-21/h3-12,14-15,18,21,23-24H,2,13,16-17,19H2,1H3. The van der Waals surface area contributed by atoms with Crippen LogP contribution in [-0.2, 0) is 0 Å². The summed E-state index contributed by atoms with van der Waals surface area (Å²) in [6.07, 6.45) is 14.4. The van der Waals surface area contributed by atoms with Crippen LogP contribution in [0.3, 0.4) is 0 Å². The third-order valence-electron chi connectivity index (χ3n) is 6.11. The van der Waals surface area contributed by atoms with Crippen molar-refractivity contribution in [2.45, 2.75) is 31.8 Å². The Hall–Kier alpha value is -2.72. The van der Waals surface area contributed by atoms with Crippen LogP contribution in [0.15, 0.2) is 79.2 Å². The van der Waals surface area contributed by atoms with Crippen molar-refractivity contribution >= 4 is 5.91 Å². The van der Waals surface area contributed by atoms with Gasteiger partial charge in [-0.3, -0.25) is 14.7 Å². The number of carbonyl (C=O) groups is 1. The first-order valence-corrected chi connectivity index (χ1v) is 10.6. The van der Waals surface area contributed by atoms with Crippen molar-refractivity contribution in [2.75, 3.05) is 19.6 Å². The second kappa shape index (κ2) is 9.19. The summed E-state index contributed by atoms with van der Waals surface area (Å²) in [6, 6.07) is 15.2. The number of aromatic nitrogens is 1. The van der Waals surface area contributed by atoms with Crippen LogP contribution in [0.5, 0.6) is 0 Å². The van der Waals surface area contributed by atoms with Crippen molar-refractivity contribution in [1.82, 2.24) is 14.8 Å². The first kappa shape index (κ1) is 19.6. The molecule has 0 bridgehead atoms. The van der Waals surface area contributed by atoms with Crippen molar-refractivity contribution < 1.29 is 4.79 Å². The predicted octanol–water partition coefficient (Wildman–Crippen LogP) is 4.49. The van der Waals surface area contributed by atoms with Crippen LogP contribution in [-0.4, -0.2) is 46.4 Å². The maximum Gasteiger partial charge on any atom is 0.255 e. The molecule has 0 spiro atoms. The van der Waals surface area contributed by atoms with E-state index in [9.17, 15) is 4.79 Å². The summed E-state index contributed by atoms with van der Waals surface area (Å²) in [7, 11) is 0. The molecule has 29 heavy (non-hydrogen) atoms. The molecule has 2 heterocycles. The van der Waals surface area contributed by atoms with E-state index in [0.717, 1.165) is 32.5 Å². The fourth-order valence-corrected chi connectivity index (χ4v) is 4.62. The molecular formula is C25H29N3O. The van der Waals surface area contributed by atoms with E-state index in [4.69, 9.17) is 0 Å². The Morgan fingerprint density at radius 2 is 2.00 bits per heavy atom. The first-order chi connectivity index (χ1) is 14.3. The average Bonchev–Trinajstić information content (AvgIpc) is 2.81. The lowest BCUT2D eigenvalue weighted by molar-refractivity contribution is 0.0211. The maximum atomic E-state index is 13.0. The SMILES string of the molecule is CCC1CN(C(=O)c2cccnc2)CCN1C(c1ccccc1)C1C=CC=CC1. The topological polar surface area (TPSA) is 36.4 Å². The van der Waals surface area contributed by atoms with Gasteiger partial charge in [0.2, 0.25) is 0 Å². The van der Waals surface area contributed by atoms with Gasteiger partial charge in [-0.2, -0.15) is 0 Å². The van der Waals surface area contributed by atoms with Gasteiger partial charge in [-0.1, -0.05) is 61.6 Å². The number of allylic oxidation sites excluding steroid dienone is 3. The van der Waals surface area contributed by atoms with Crippen molar-refractivity contribution in [1.29, 1.82) is 0 Å². The number of nitrogens with zero attached hydrogens (tertiary/aromatic N) is 3. The minimum Gasteiger partial charge on any atom is -0.336 e. The highest BCUT2D eigenvalue weighted by molar-refractivity contribution is 5.94. The summed E-state index contributed by atoms with van der Waals surface area (Å²) >= 11 is 0. The molecule has 0 radical (unpaired) electrons. The molecule has 2 aromatic rings. The zero-order valence-corrected chi connectivity index (χ0v) is 17.0. The quantitative estimate of drug-likeness (QED) is 0.758. The largest absolute Gasteiger partial charge is 0.336 e. The van der Waals surface area contributed by atoms with Crippen LogP contribution in [0, 0.1) is 5.92 Å². The zero-order valence-electron chi connectivity index (χ0n) is 17.0. The fourth-order valence-electron chi connectivity index (χ4n) is 4.62. The molecule has 1 aliphatic heterocycles. The van der Waals surface area contributed by atoms with Gasteiger partial charge < -0.3 is 4.90 Å². The number of benzene rings is 1. The minimum absolute atomic E-state index is 0.0907. The highest BCUT2D eigenvalue weighted by Gasteiger charge is 2.36. The Kier molecular flexibility index (Phi) is 6.20. The van der Waals surface area contributed by atoms with Gasteiger partial charge in [-0.15, -0.1) is 0 Å². The lowest BCUT2D eigenvalue weighted by Gasteiger charge is -2.47. The molecule has 1 amide bonds. The van der Waals surface area contributed by atoms with Crippen LogP contribution in [0.25, 0.3) is 0 Å². The van der Waals surface area contributed by atoms with Crippen molar-refractivity contribution in [3.05, 3.63) is 90.3 Å². The molecule has 1 aliphatic carbocycles. The number of carbonyl (C=O) groups excluding carboxylic acids is 1. The maximum absolute atomic E-state index is 13.0. The van der Waals surface area contributed by atoms with Gasteiger partial charge in [0.1, 0.15) is 0 Å². The summed E-state index contributed by atoms with van der Waals surface area (Å²) in [4.78, 5) is 21.7. The van der Waals surface area contributed by atoms with E-state index in [1.165, 1.54) is 5.56 Å². The number of hydrogen-bond acceptors (Lipinski definition) is 3. The van der Waals surface area contributed by atoms with Crippen molar-refractivity contribution in [3.63, 3.8) is 0 Å². The second-order valence-corrected chi connectivity index (χ2v) is 7.86. The van der Waals surface area contributed by atoms with E-state index in [1.807, 2.05) is 17.0 Å². The molecule has 1 saturated heterocycles. The average molecular weight is 388 g/mol. The molecule has 1 aromatic carbocycles. The molecule has 0 saturated carbocycles. The molecule has 1 fully saturated rings. The highest BCUT2D eigenvalue weighted by Crippen LogP contribution is 2.36. The molecule has 150 valence electrons. The molecule has 3 unspecified atom stereocenters. The van der Waals surface area contributed by atoms with E-state index in [-0.39, 0.29) is 5.91 Å². The number of pyridine rings is 1. The Balaban J connectivity index is 1.57. The lowest BCUT2D eigenvalue weighted by atomic mass is 9.85. The number of rotatable bonds is 5. The molecule has 3 atom stereocenters. The van der Waals surface area contributed by atoms with E-state index >= 15 is 0 Å². The third kappa shape index (κ3) is 4.33. The van der Waals surface area contributed by atoms with E-state index < -0.39 is 0 Å².